The summed E-state index contributed by atoms with van der Waals surface area (Å²) in [6, 6.07) is 7.23. The molecule has 0 spiro atoms. The Labute approximate surface area is 70.1 Å². The first-order chi connectivity index (χ1) is 5.86. The zero-order chi connectivity index (χ0) is 8.81. The van der Waals surface area contributed by atoms with Crippen LogP contribution in [0.25, 0.3) is 5.08 Å². The molecule has 4 nitrogen and oxygen atoms in total. The second-order valence-electron chi connectivity index (χ2n) is 2.11. The van der Waals surface area contributed by atoms with Crippen LogP contribution in [0.5, 0.6) is 5.75 Å². The number of ether oxygens (including phenoxy) is 1. The van der Waals surface area contributed by atoms with E-state index in [1.54, 1.807) is 19.2 Å². The monoisotopic (exact) mass is 162 g/mol. The molecule has 0 unspecified atom stereocenters. The lowest BCUT2D eigenvalue weighted by atomic mass is 10.2. The van der Waals surface area contributed by atoms with Gasteiger partial charge in [0.05, 0.1) is 7.11 Å². The van der Waals surface area contributed by atoms with Crippen molar-refractivity contribution in [2.24, 2.45) is 5.10 Å². The normalized spacial score (nSPS) is 9.67. The third-order valence-corrected chi connectivity index (χ3v) is 1.37. The first-order valence-electron chi connectivity index (χ1n) is 3.38. The van der Waals surface area contributed by atoms with Gasteiger partial charge in [-0.1, -0.05) is 0 Å². The van der Waals surface area contributed by atoms with Gasteiger partial charge >= 0.3 is 5.08 Å². The number of hydrogen-bond acceptors (Lipinski definition) is 3. The Morgan fingerprint density at radius 3 is 2.58 bits per heavy atom. The summed E-state index contributed by atoms with van der Waals surface area (Å²) in [5.41, 5.74) is 0.855. The lowest BCUT2D eigenvalue weighted by molar-refractivity contribution is 0.415. The molecule has 60 valence electrons. The Hall–Kier alpha value is -1.89. The third kappa shape index (κ3) is 2.06. The molecule has 1 rings (SSSR count). The summed E-state index contributed by atoms with van der Waals surface area (Å²) in [5.74, 6) is 0.785. The lowest BCUT2D eigenvalue weighted by Gasteiger charge is -1.96. The van der Waals surface area contributed by atoms with Gasteiger partial charge in [0.1, 0.15) is 12.0 Å². The van der Waals surface area contributed by atoms with E-state index < -0.39 is 0 Å². The molecule has 1 aromatic rings. The Balaban J connectivity index is 2.79. The van der Waals surface area contributed by atoms with Crippen LogP contribution in [0.2, 0.25) is 0 Å². The van der Waals surface area contributed by atoms with Crippen molar-refractivity contribution in [3.05, 3.63) is 34.9 Å². The van der Waals surface area contributed by atoms with Crippen molar-refractivity contribution >= 4 is 6.21 Å². The molecule has 0 heterocycles. The standard InChI is InChI=1S/C8H8N3O/c1-12-8-4-2-7(3-5-8)6-10-11-9/h2-6H,1H3/q+1. The van der Waals surface area contributed by atoms with Gasteiger partial charge in [-0.05, 0) is 24.3 Å². The van der Waals surface area contributed by atoms with Crippen molar-refractivity contribution in [1.29, 1.82) is 5.39 Å². The largest absolute Gasteiger partial charge is 0.497 e. The van der Waals surface area contributed by atoms with Crippen LogP contribution in [0.1, 0.15) is 5.56 Å². The van der Waals surface area contributed by atoms with Gasteiger partial charge in [0.25, 0.3) is 5.39 Å². The molecule has 0 aromatic heterocycles. The van der Waals surface area contributed by atoms with Gasteiger partial charge in [0.15, 0.2) is 5.10 Å². The summed E-state index contributed by atoms with van der Waals surface area (Å²) < 4.78 is 4.96. The molecule has 12 heavy (non-hydrogen) atoms. The zero-order valence-corrected chi connectivity index (χ0v) is 6.64. The van der Waals surface area contributed by atoms with Crippen molar-refractivity contribution in [1.82, 2.24) is 0 Å². The van der Waals surface area contributed by atoms with Crippen LogP contribution in [-0.4, -0.2) is 13.3 Å². The maximum atomic E-state index is 8.03. The average molecular weight is 162 g/mol. The fourth-order valence-electron chi connectivity index (χ4n) is 0.782. The zero-order valence-electron chi connectivity index (χ0n) is 6.64. The molecule has 0 aliphatic heterocycles. The Morgan fingerprint density at radius 1 is 1.42 bits per heavy atom. The van der Waals surface area contributed by atoms with Crippen molar-refractivity contribution in [2.45, 2.75) is 0 Å². The van der Waals surface area contributed by atoms with Gasteiger partial charge in [-0.3, -0.25) is 0 Å². The Bertz CT molecular complexity index is 310. The molecule has 0 amide bonds. The van der Waals surface area contributed by atoms with Gasteiger partial charge < -0.3 is 4.74 Å². The summed E-state index contributed by atoms with van der Waals surface area (Å²) in [7, 11) is 1.60. The van der Waals surface area contributed by atoms with E-state index in [4.69, 9.17) is 10.1 Å². The van der Waals surface area contributed by atoms with Gasteiger partial charge in [0, 0.05) is 5.56 Å². The summed E-state index contributed by atoms with van der Waals surface area (Å²) in [5, 5.41) is 14.0. The van der Waals surface area contributed by atoms with Crippen molar-refractivity contribution in [3.8, 4) is 5.75 Å². The van der Waals surface area contributed by atoms with Crippen LogP contribution < -0.4 is 4.74 Å². The van der Waals surface area contributed by atoms with E-state index in [0.717, 1.165) is 11.3 Å². The number of benzene rings is 1. The van der Waals surface area contributed by atoms with Crippen molar-refractivity contribution < 1.29 is 4.74 Å². The van der Waals surface area contributed by atoms with Gasteiger partial charge in [-0.2, -0.15) is 0 Å². The molecule has 0 bridgehead atoms. The van der Waals surface area contributed by atoms with Crippen LogP contribution in [0.15, 0.2) is 29.4 Å². The molecular weight excluding hydrogens is 154 g/mol. The average Bonchev–Trinajstić information content (AvgIpc) is 2.15. The molecule has 0 atom stereocenters. The minimum absolute atomic E-state index is 0.785. The molecule has 0 aliphatic rings. The van der Waals surface area contributed by atoms with Gasteiger partial charge in [-0.25, -0.2) is 0 Å². The topological polar surface area (TPSA) is 49.7 Å². The minimum Gasteiger partial charge on any atom is -0.497 e. The number of rotatable bonds is 2. The summed E-state index contributed by atoms with van der Waals surface area (Å²) in [6.45, 7) is 0. The number of methoxy groups -OCH3 is 1. The predicted octanol–water partition coefficient (Wildman–Crippen LogP) is 1.88. The molecule has 0 saturated heterocycles. The second-order valence-corrected chi connectivity index (χ2v) is 2.11. The minimum atomic E-state index is 0.785. The molecule has 0 N–H and O–H groups in total. The van der Waals surface area contributed by atoms with E-state index in [1.807, 2.05) is 12.1 Å². The SMILES string of the molecule is COc1ccc(C=N[N+]#N)cc1. The smallest absolute Gasteiger partial charge is 0.339 e. The lowest BCUT2D eigenvalue weighted by Crippen LogP contribution is -1.83. The predicted molar refractivity (Wildman–Crippen MR) is 45.7 cm³/mol. The van der Waals surface area contributed by atoms with E-state index >= 15 is 0 Å². The van der Waals surface area contributed by atoms with Crippen LogP contribution in [0.4, 0.5) is 0 Å². The molecule has 0 radical (unpaired) electrons. The molecule has 0 saturated carbocycles. The molecule has 0 aliphatic carbocycles. The number of diazo groups is 1. The first kappa shape index (κ1) is 8.21. The van der Waals surface area contributed by atoms with E-state index in [2.05, 4.69) is 10.2 Å². The van der Waals surface area contributed by atoms with Gasteiger partial charge in [0.2, 0.25) is 0 Å². The molecular formula is C8H8N3O+. The van der Waals surface area contributed by atoms with E-state index in [1.165, 1.54) is 6.21 Å². The maximum absolute atomic E-state index is 8.03. The van der Waals surface area contributed by atoms with Crippen LogP contribution in [0, 0.1) is 5.39 Å². The number of nitrogens with zero attached hydrogens (tertiary/aromatic N) is 3. The highest BCUT2D eigenvalue weighted by molar-refractivity contribution is 5.79. The third-order valence-electron chi connectivity index (χ3n) is 1.37. The van der Waals surface area contributed by atoms with Crippen LogP contribution in [-0.2, 0) is 0 Å². The quantitative estimate of drug-likeness (QED) is 0.378. The highest BCUT2D eigenvalue weighted by Gasteiger charge is 1.91. The molecule has 1 aromatic carbocycles. The highest BCUT2D eigenvalue weighted by atomic mass is 16.5. The summed E-state index contributed by atoms with van der Waals surface area (Å²) >= 11 is 0. The number of hydrogen-bond donors (Lipinski definition) is 0. The summed E-state index contributed by atoms with van der Waals surface area (Å²) in [4.78, 5) is 0. The van der Waals surface area contributed by atoms with Crippen molar-refractivity contribution in [3.63, 3.8) is 0 Å². The Kier molecular flexibility index (Phi) is 2.79. The second kappa shape index (κ2) is 4.09. The highest BCUT2D eigenvalue weighted by Crippen LogP contribution is 2.09. The van der Waals surface area contributed by atoms with Crippen LogP contribution in [0.3, 0.4) is 0 Å². The van der Waals surface area contributed by atoms with E-state index in [0.29, 0.717) is 0 Å². The van der Waals surface area contributed by atoms with Crippen LogP contribution >= 0.6 is 0 Å². The Morgan fingerprint density at radius 2 is 2.08 bits per heavy atom. The fraction of sp³-hybridized carbons (Fsp3) is 0.125. The van der Waals surface area contributed by atoms with E-state index in [9.17, 15) is 0 Å². The maximum Gasteiger partial charge on any atom is 0.339 e. The first-order valence-corrected chi connectivity index (χ1v) is 3.38. The van der Waals surface area contributed by atoms with E-state index in [-0.39, 0.29) is 0 Å². The fourth-order valence-corrected chi connectivity index (χ4v) is 0.782. The summed E-state index contributed by atoms with van der Waals surface area (Å²) in [6.07, 6.45) is 1.44. The van der Waals surface area contributed by atoms with Crippen molar-refractivity contribution in [2.75, 3.05) is 7.11 Å². The van der Waals surface area contributed by atoms with Gasteiger partial charge in [-0.15, -0.1) is 0 Å². The molecule has 0 fully saturated rings. The molecule has 4 heteroatoms.